The Morgan fingerprint density at radius 3 is 2.61 bits per heavy atom. The summed E-state index contributed by atoms with van der Waals surface area (Å²) >= 11 is 0. The van der Waals surface area contributed by atoms with Crippen molar-refractivity contribution in [1.82, 2.24) is 9.97 Å². The molecule has 0 atom stereocenters. The topological polar surface area (TPSA) is 54.7 Å². The Balaban J connectivity index is 2.05. The summed E-state index contributed by atoms with van der Waals surface area (Å²) in [6, 6.07) is 16.6. The highest BCUT2D eigenvalue weighted by atomic mass is 14.9. The van der Waals surface area contributed by atoms with Crippen molar-refractivity contribution in [2.75, 3.05) is 6.54 Å². The Hall–Kier alpha value is -2.13. The van der Waals surface area contributed by atoms with Gasteiger partial charge in [0.2, 0.25) is 0 Å². The molecule has 0 fully saturated rings. The molecule has 0 saturated heterocycles. The second-order valence-corrected chi connectivity index (χ2v) is 4.32. The highest BCUT2D eigenvalue weighted by Gasteiger charge is 2.04. The van der Waals surface area contributed by atoms with Gasteiger partial charge in [0.1, 0.15) is 5.82 Å². The fourth-order valence-corrected chi connectivity index (χ4v) is 2.13. The van der Waals surface area contributed by atoms with Gasteiger partial charge < -0.3 is 10.7 Å². The van der Waals surface area contributed by atoms with Crippen LogP contribution in [0.15, 0.2) is 48.5 Å². The molecule has 2 aromatic carbocycles. The molecular weight excluding hydrogens is 222 g/mol. The molecule has 3 aromatic rings. The van der Waals surface area contributed by atoms with Crippen LogP contribution in [0.4, 0.5) is 0 Å². The molecule has 3 N–H and O–H groups in total. The normalized spacial score (nSPS) is 10.9. The zero-order valence-electron chi connectivity index (χ0n) is 10.1. The van der Waals surface area contributed by atoms with E-state index in [0.717, 1.165) is 23.3 Å². The highest BCUT2D eigenvalue weighted by Crippen LogP contribution is 2.23. The minimum atomic E-state index is 0.616. The monoisotopic (exact) mass is 237 g/mol. The van der Waals surface area contributed by atoms with E-state index < -0.39 is 0 Å². The van der Waals surface area contributed by atoms with Crippen molar-refractivity contribution < 1.29 is 0 Å². The van der Waals surface area contributed by atoms with E-state index in [1.165, 1.54) is 11.1 Å². The van der Waals surface area contributed by atoms with Crippen molar-refractivity contribution in [3.8, 4) is 11.1 Å². The van der Waals surface area contributed by atoms with Gasteiger partial charge in [-0.3, -0.25) is 0 Å². The lowest BCUT2D eigenvalue weighted by molar-refractivity contribution is 0.900. The Morgan fingerprint density at radius 1 is 1.00 bits per heavy atom. The van der Waals surface area contributed by atoms with Gasteiger partial charge >= 0.3 is 0 Å². The summed E-state index contributed by atoms with van der Waals surface area (Å²) in [5, 5.41) is 0. The first-order chi connectivity index (χ1) is 8.86. The van der Waals surface area contributed by atoms with Gasteiger partial charge in [0.15, 0.2) is 0 Å². The standard InChI is InChI=1S/C15H15N3/c16-9-8-15-17-13-7-6-12(10-14(13)18-15)11-4-2-1-3-5-11/h1-7,10H,8-9,16H2,(H,17,18). The van der Waals surface area contributed by atoms with Gasteiger partial charge in [0.25, 0.3) is 0 Å². The molecule has 0 saturated carbocycles. The van der Waals surface area contributed by atoms with Gasteiger partial charge in [0.05, 0.1) is 11.0 Å². The molecule has 0 amide bonds. The molecule has 0 spiro atoms. The van der Waals surface area contributed by atoms with Gasteiger partial charge in [0, 0.05) is 6.42 Å². The molecule has 0 aliphatic carbocycles. The van der Waals surface area contributed by atoms with Crippen LogP contribution in [0.2, 0.25) is 0 Å². The Kier molecular flexibility index (Phi) is 2.82. The van der Waals surface area contributed by atoms with Crippen LogP contribution in [0.5, 0.6) is 0 Å². The number of nitrogens with one attached hydrogen (secondary N) is 1. The fourth-order valence-electron chi connectivity index (χ4n) is 2.13. The van der Waals surface area contributed by atoms with Gasteiger partial charge in [-0.2, -0.15) is 0 Å². The number of nitrogens with zero attached hydrogens (tertiary/aromatic N) is 1. The third-order valence-corrected chi connectivity index (χ3v) is 3.02. The first kappa shape index (κ1) is 11.0. The number of hydrogen-bond donors (Lipinski definition) is 2. The van der Waals surface area contributed by atoms with Crippen LogP contribution in [0, 0.1) is 0 Å². The Bertz CT molecular complexity index is 656. The van der Waals surface area contributed by atoms with Crippen molar-refractivity contribution in [2.45, 2.75) is 6.42 Å². The smallest absolute Gasteiger partial charge is 0.108 e. The number of H-pyrrole nitrogens is 1. The molecular formula is C15H15N3. The summed E-state index contributed by atoms with van der Waals surface area (Å²) in [7, 11) is 0. The summed E-state index contributed by atoms with van der Waals surface area (Å²) < 4.78 is 0. The summed E-state index contributed by atoms with van der Waals surface area (Å²) in [5.74, 6) is 0.956. The third kappa shape index (κ3) is 2.00. The van der Waals surface area contributed by atoms with E-state index in [9.17, 15) is 0 Å². The van der Waals surface area contributed by atoms with Crippen LogP contribution in [0.25, 0.3) is 22.2 Å². The zero-order chi connectivity index (χ0) is 12.4. The maximum absolute atomic E-state index is 5.54. The van der Waals surface area contributed by atoms with Crippen LogP contribution < -0.4 is 5.73 Å². The highest BCUT2D eigenvalue weighted by molar-refractivity contribution is 5.81. The number of nitrogens with two attached hydrogens (primary N) is 1. The average molecular weight is 237 g/mol. The number of hydrogen-bond acceptors (Lipinski definition) is 2. The van der Waals surface area contributed by atoms with E-state index in [4.69, 9.17) is 5.73 Å². The summed E-state index contributed by atoms with van der Waals surface area (Å²) in [4.78, 5) is 7.82. The number of aromatic amines is 1. The molecule has 1 heterocycles. The van der Waals surface area contributed by atoms with Crippen molar-refractivity contribution in [1.29, 1.82) is 0 Å². The summed E-state index contributed by atoms with van der Waals surface area (Å²) in [6.45, 7) is 0.616. The van der Waals surface area contributed by atoms with E-state index in [2.05, 4.69) is 34.2 Å². The number of imidazole rings is 1. The fraction of sp³-hybridized carbons (Fsp3) is 0.133. The predicted molar refractivity (Wildman–Crippen MR) is 74.3 cm³/mol. The van der Waals surface area contributed by atoms with Crippen LogP contribution >= 0.6 is 0 Å². The van der Waals surface area contributed by atoms with Crippen molar-refractivity contribution in [3.63, 3.8) is 0 Å². The number of fused-ring (bicyclic) bond motifs is 1. The minimum Gasteiger partial charge on any atom is -0.342 e. The lowest BCUT2D eigenvalue weighted by Crippen LogP contribution is -2.03. The number of aromatic nitrogens is 2. The average Bonchev–Trinajstić information content (AvgIpc) is 2.81. The molecule has 18 heavy (non-hydrogen) atoms. The molecule has 0 aliphatic heterocycles. The molecule has 90 valence electrons. The number of benzene rings is 2. The van der Waals surface area contributed by atoms with Crippen LogP contribution in [0.3, 0.4) is 0 Å². The van der Waals surface area contributed by atoms with Crippen LogP contribution in [-0.2, 0) is 6.42 Å². The first-order valence-electron chi connectivity index (χ1n) is 6.11. The Labute approximate surface area is 106 Å². The lowest BCUT2D eigenvalue weighted by Gasteiger charge is -2.00. The minimum absolute atomic E-state index is 0.616. The van der Waals surface area contributed by atoms with Crippen molar-refractivity contribution >= 4 is 11.0 Å². The largest absolute Gasteiger partial charge is 0.342 e. The molecule has 3 heteroatoms. The van der Waals surface area contributed by atoms with E-state index in [0.29, 0.717) is 6.54 Å². The molecule has 0 radical (unpaired) electrons. The van der Waals surface area contributed by atoms with E-state index in [1.54, 1.807) is 0 Å². The molecule has 0 unspecified atom stereocenters. The predicted octanol–water partition coefficient (Wildman–Crippen LogP) is 2.73. The van der Waals surface area contributed by atoms with Gasteiger partial charge in [-0.05, 0) is 29.8 Å². The number of rotatable bonds is 3. The van der Waals surface area contributed by atoms with E-state index in [1.807, 2.05) is 24.3 Å². The van der Waals surface area contributed by atoms with Crippen molar-refractivity contribution in [3.05, 3.63) is 54.4 Å². The molecule has 0 bridgehead atoms. The lowest BCUT2D eigenvalue weighted by atomic mass is 10.1. The van der Waals surface area contributed by atoms with Crippen molar-refractivity contribution in [2.24, 2.45) is 5.73 Å². The van der Waals surface area contributed by atoms with Gasteiger partial charge in [-0.25, -0.2) is 4.98 Å². The zero-order valence-corrected chi connectivity index (χ0v) is 10.1. The quantitative estimate of drug-likeness (QED) is 0.736. The third-order valence-electron chi connectivity index (χ3n) is 3.02. The molecule has 3 rings (SSSR count). The Morgan fingerprint density at radius 2 is 1.83 bits per heavy atom. The van der Waals surface area contributed by atoms with Gasteiger partial charge in [-0.1, -0.05) is 36.4 Å². The first-order valence-corrected chi connectivity index (χ1v) is 6.11. The maximum atomic E-state index is 5.54. The van der Waals surface area contributed by atoms with Crippen LogP contribution in [-0.4, -0.2) is 16.5 Å². The second-order valence-electron chi connectivity index (χ2n) is 4.32. The van der Waals surface area contributed by atoms with Crippen LogP contribution in [0.1, 0.15) is 5.82 Å². The van der Waals surface area contributed by atoms with E-state index >= 15 is 0 Å². The molecule has 0 aliphatic rings. The van der Waals surface area contributed by atoms with Gasteiger partial charge in [-0.15, -0.1) is 0 Å². The molecule has 3 nitrogen and oxygen atoms in total. The maximum Gasteiger partial charge on any atom is 0.108 e. The van der Waals surface area contributed by atoms with E-state index in [-0.39, 0.29) is 0 Å². The SMILES string of the molecule is NCCc1nc2ccc(-c3ccccc3)cc2[nH]1. The molecule has 1 aromatic heterocycles. The summed E-state index contributed by atoms with van der Waals surface area (Å²) in [6.07, 6.45) is 0.787. The second kappa shape index (κ2) is 4.63. The summed E-state index contributed by atoms with van der Waals surface area (Å²) in [5.41, 5.74) is 10.0.